The van der Waals surface area contributed by atoms with Crippen LogP contribution in [0.5, 0.6) is 0 Å². The number of imidazole rings is 1. The zero-order valence-corrected chi connectivity index (χ0v) is 14.1. The van der Waals surface area contributed by atoms with Crippen LogP contribution in [-0.2, 0) is 0 Å². The Balaban J connectivity index is 1.97. The Bertz CT molecular complexity index is 1100. The van der Waals surface area contributed by atoms with Crippen LogP contribution in [0.1, 0.15) is 19.9 Å². The molecule has 0 aliphatic carbocycles. The van der Waals surface area contributed by atoms with Gasteiger partial charge >= 0.3 is 0 Å². The van der Waals surface area contributed by atoms with Gasteiger partial charge in [-0.3, -0.25) is 0 Å². The Labute approximate surface area is 141 Å². The molecule has 118 valence electrons. The third-order valence-corrected chi connectivity index (χ3v) is 5.02. The van der Waals surface area contributed by atoms with Crippen LogP contribution in [0.4, 0.5) is 11.4 Å². The number of anilines is 2. The number of nitrogens with zero attached hydrogens (tertiary/aromatic N) is 3. The van der Waals surface area contributed by atoms with Gasteiger partial charge in [-0.25, -0.2) is 0 Å². The molecule has 1 aliphatic heterocycles. The van der Waals surface area contributed by atoms with E-state index in [-0.39, 0.29) is 0 Å². The summed E-state index contributed by atoms with van der Waals surface area (Å²) >= 11 is 0. The van der Waals surface area contributed by atoms with Crippen molar-refractivity contribution in [3.05, 3.63) is 60.9 Å². The highest BCUT2D eigenvalue weighted by atomic mass is 15.2. The van der Waals surface area contributed by atoms with Crippen LogP contribution < -0.4 is 9.47 Å². The van der Waals surface area contributed by atoms with E-state index in [1.54, 1.807) is 0 Å². The van der Waals surface area contributed by atoms with Crippen LogP contribution in [0.2, 0.25) is 0 Å². The molecule has 1 aromatic heterocycles. The fraction of sp³-hybridized carbons (Fsp3) is 0.190. The van der Waals surface area contributed by atoms with Crippen molar-refractivity contribution in [2.45, 2.75) is 19.9 Å². The summed E-state index contributed by atoms with van der Waals surface area (Å²) in [5.74, 6) is 0. The SMILES string of the molecule is CC(C)n1[c-][n+]2c3c(cccc31)N(C)c1c-2ccc2ccccc12. The summed E-state index contributed by atoms with van der Waals surface area (Å²) in [5, 5.41) is 2.54. The number of hydrogen-bond donors (Lipinski definition) is 0. The molecule has 0 bridgehead atoms. The minimum absolute atomic E-state index is 0.372. The van der Waals surface area contributed by atoms with E-state index in [1.165, 1.54) is 38.9 Å². The average Bonchev–Trinajstić information content (AvgIpc) is 3.00. The predicted molar refractivity (Wildman–Crippen MR) is 98.3 cm³/mol. The van der Waals surface area contributed by atoms with E-state index in [1.807, 2.05) is 0 Å². The standard InChI is InChI=1S/C21H19N3/c1-14(2)23-13-24-19-12-11-15-7-4-5-8-16(15)20(19)22(3)17-9-6-10-18(23)21(17)24/h4-12,14H,1-3H3. The summed E-state index contributed by atoms with van der Waals surface area (Å²) in [6.45, 7) is 4.41. The molecule has 0 N–H and O–H groups in total. The number of benzene rings is 3. The Hall–Kier alpha value is -2.81. The lowest BCUT2D eigenvalue weighted by Gasteiger charge is -2.31. The lowest BCUT2D eigenvalue weighted by molar-refractivity contribution is -0.572. The van der Waals surface area contributed by atoms with Crippen LogP contribution in [0.15, 0.2) is 54.6 Å². The highest BCUT2D eigenvalue weighted by Crippen LogP contribution is 2.41. The summed E-state index contributed by atoms with van der Waals surface area (Å²) < 4.78 is 4.46. The van der Waals surface area contributed by atoms with E-state index in [4.69, 9.17) is 0 Å². The van der Waals surface area contributed by atoms with Crippen LogP contribution in [0.3, 0.4) is 0 Å². The Morgan fingerprint density at radius 2 is 1.79 bits per heavy atom. The fourth-order valence-corrected chi connectivity index (χ4v) is 3.89. The second-order valence-corrected chi connectivity index (χ2v) is 6.76. The predicted octanol–water partition coefficient (Wildman–Crippen LogP) is 4.53. The average molecular weight is 313 g/mol. The zero-order chi connectivity index (χ0) is 16.4. The smallest absolute Gasteiger partial charge is 0.244 e. The van der Waals surface area contributed by atoms with Crippen LogP contribution in [-0.4, -0.2) is 11.6 Å². The van der Waals surface area contributed by atoms with Gasteiger partial charge in [-0.2, -0.15) is 0 Å². The molecule has 24 heavy (non-hydrogen) atoms. The molecule has 3 nitrogen and oxygen atoms in total. The molecule has 4 aromatic rings. The van der Waals surface area contributed by atoms with Gasteiger partial charge < -0.3 is 14.0 Å². The molecular formula is C21H19N3. The molecule has 0 saturated heterocycles. The molecule has 0 radical (unpaired) electrons. The number of fused-ring (bicyclic) bond motifs is 4. The fourth-order valence-electron chi connectivity index (χ4n) is 3.89. The lowest BCUT2D eigenvalue weighted by atomic mass is 10.0. The van der Waals surface area contributed by atoms with E-state index < -0.39 is 0 Å². The number of aromatic nitrogens is 2. The van der Waals surface area contributed by atoms with Gasteiger partial charge in [0.15, 0.2) is 0 Å². The highest BCUT2D eigenvalue weighted by Gasteiger charge is 2.25. The van der Waals surface area contributed by atoms with E-state index in [2.05, 4.69) is 95.9 Å². The van der Waals surface area contributed by atoms with Gasteiger partial charge in [0.1, 0.15) is 0 Å². The maximum atomic E-state index is 3.58. The van der Waals surface area contributed by atoms with Crippen molar-refractivity contribution in [3.8, 4) is 5.69 Å². The normalized spacial score (nSPS) is 13.1. The quantitative estimate of drug-likeness (QED) is 0.371. The summed E-state index contributed by atoms with van der Waals surface area (Å²) in [5.41, 5.74) is 6.13. The first-order valence-corrected chi connectivity index (χ1v) is 8.41. The van der Waals surface area contributed by atoms with Crippen molar-refractivity contribution < 1.29 is 4.57 Å². The van der Waals surface area contributed by atoms with Crippen molar-refractivity contribution in [2.75, 3.05) is 11.9 Å². The monoisotopic (exact) mass is 313 g/mol. The van der Waals surface area contributed by atoms with Crippen LogP contribution >= 0.6 is 0 Å². The maximum Gasteiger partial charge on any atom is 0.244 e. The first-order chi connectivity index (χ1) is 11.7. The Morgan fingerprint density at radius 1 is 0.958 bits per heavy atom. The first kappa shape index (κ1) is 13.6. The molecule has 0 atom stereocenters. The lowest BCUT2D eigenvalue weighted by Crippen LogP contribution is -2.36. The Kier molecular flexibility index (Phi) is 2.61. The molecule has 0 unspecified atom stereocenters. The molecule has 0 saturated carbocycles. The van der Waals surface area contributed by atoms with E-state index in [0.717, 1.165) is 0 Å². The van der Waals surface area contributed by atoms with Gasteiger partial charge in [0.05, 0.1) is 28.5 Å². The largest absolute Gasteiger partial charge is 0.353 e. The van der Waals surface area contributed by atoms with Crippen molar-refractivity contribution in [1.29, 1.82) is 0 Å². The van der Waals surface area contributed by atoms with E-state index >= 15 is 0 Å². The third kappa shape index (κ3) is 1.59. The van der Waals surface area contributed by atoms with Crippen molar-refractivity contribution in [1.82, 2.24) is 4.57 Å². The molecule has 1 aliphatic rings. The second kappa shape index (κ2) is 4.60. The van der Waals surface area contributed by atoms with Gasteiger partial charge in [-0.1, -0.05) is 48.5 Å². The highest BCUT2D eigenvalue weighted by molar-refractivity contribution is 6.03. The summed E-state index contributed by atoms with van der Waals surface area (Å²) in [4.78, 5) is 2.32. The zero-order valence-electron chi connectivity index (χ0n) is 14.1. The molecule has 0 fully saturated rings. The molecular weight excluding hydrogens is 294 g/mol. The van der Waals surface area contributed by atoms with Gasteiger partial charge in [0.2, 0.25) is 6.33 Å². The van der Waals surface area contributed by atoms with Crippen molar-refractivity contribution >= 4 is 33.2 Å². The van der Waals surface area contributed by atoms with Gasteiger partial charge in [-0.15, -0.1) is 0 Å². The van der Waals surface area contributed by atoms with Gasteiger partial charge in [-0.05, 0) is 30.7 Å². The minimum atomic E-state index is 0.372. The summed E-state index contributed by atoms with van der Waals surface area (Å²) in [6, 6.07) is 19.9. The third-order valence-electron chi connectivity index (χ3n) is 5.02. The molecule has 3 heteroatoms. The number of hydrogen-bond acceptors (Lipinski definition) is 1. The number of para-hydroxylation sites is 1. The Morgan fingerprint density at radius 3 is 2.62 bits per heavy atom. The summed E-state index contributed by atoms with van der Waals surface area (Å²) in [6.07, 6.45) is 3.58. The van der Waals surface area contributed by atoms with Gasteiger partial charge in [0.25, 0.3) is 0 Å². The topological polar surface area (TPSA) is 12.0 Å². The van der Waals surface area contributed by atoms with Crippen LogP contribution in [0.25, 0.3) is 27.5 Å². The second-order valence-electron chi connectivity index (χ2n) is 6.76. The molecule has 3 aromatic carbocycles. The van der Waals surface area contributed by atoms with Crippen LogP contribution in [0, 0.1) is 6.33 Å². The summed E-state index contributed by atoms with van der Waals surface area (Å²) in [7, 11) is 2.16. The van der Waals surface area contributed by atoms with E-state index in [9.17, 15) is 0 Å². The molecule has 0 amide bonds. The minimum Gasteiger partial charge on any atom is -0.353 e. The molecule has 0 spiro atoms. The molecule has 2 heterocycles. The maximum absolute atomic E-state index is 3.58. The van der Waals surface area contributed by atoms with Gasteiger partial charge in [0, 0.05) is 12.7 Å². The molecule has 5 rings (SSSR count). The van der Waals surface area contributed by atoms with E-state index in [0.29, 0.717) is 6.04 Å². The first-order valence-electron chi connectivity index (χ1n) is 8.41. The number of rotatable bonds is 1. The van der Waals surface area contributed by atoms with Crippen molar-refractivity contribution in [2.24, 2.45) is 0 Å². The van der Waals surface area contributed by atoms with Crippen molar-refractivity contribution in [3.63, 3.8) is 0 Å².